The van der Waals surface area contributed by atoms with Gasteiger partial charge in [0, 0.05) is 37.7 Å². The van der Waals surface area contributed by atoms with E-state index in [2.05, 4.69) is 11.2 Å². The van der Waals surface area contributed by atoms with Crippen molar-refractivity contribution < 1.29 is 4.79 Å². The summed E-state index contributed by atoms with van der Waals surface area (Å²) < 4.78 is 2.76. The summed E-state index contributed by atoms with van der Waals surface area (Å²) in [7, 11) is 0. The van der Waals surface area contributed by atoms with E-state index in [1.54, 1.807) is 6.92 Å². The summed E-state index contributed by atoms with van der Waals surface area (Å²) in [5.74, 6) is 0.912. The number of carbonyl (C=O) groups excluding carboxylic acids is 1. The SMILES string of the molecule is CCn1nc2n(c(=O)c1=O)C[C@@H]1CCN(C(=O)c3cc(C)cc(C)c3)C[C@@H]21. The lowest BCUT2D eigenvalue weighted by atomic mass is 9.87. The minimum Gasteiger partial charge on any atom is -0.338 e. The third kappa shape index (κ3) is 2.91. The van der Waals surface area contributed by atoms with Gasteiger partial charge in [-0.25, -0.2) is 4.68 Å². The summed E-state index contributed by atoms with van der Waals surface area (Å²) in [6, 6.07) is 5.89. The summed E-state index contributed by atoms with van der Waals surface area (Å²) in [5.41, 5.74) is 1.78. The molecule has 142 valence electrons. The van der Waals surface area contributed by atoms with Crippen LogP contribution in [0.1, 0.15) is 46.6 Å². The van der Waals surface area contributed by atoms with E-state index in [1.165, 1.54) is 9.25 Å². The van der Waals surface area contributed by atoms with Crippen molar-refractivity contribution in [3.05, 3.63) is 61.4 Å². The maximum Gasteiger partial charge on any atom is 0.332 e. The molecule has 1 fully saturated rings. The number of hydrogen-bond acceptors (Lipinski definition) is 4. The first-order chi connectivity index (χ1) is 12.9. The highest BCUT2D eigenvalue weighted by molar-refractivity contribution is 5.94. The number of benzene rings is 1. The molecule has 0 radical (unpaired) electrons. The summed E-state index contributed by atoms with van der Waals surface area (Å²) in [6.45, 7) is 7.86. The van der Waals surface area contributed by atoms with Gasteiger partial charge in [0.1, 0.15) is 5.82 Å². The van der Waals surface area contributed by atoms with Crippen LogP contribution in [0.2, 0.25) is 0 Å². The molecule has 0 bridgehead atoms. The van der Waals surface area contributed by atoms with Crippen LogP contribution >= 0.6 is 0 Å². The molecule has 0 spiro atoms. The van der Waals surface area contributed by atoms with E-state index in [0.717, 1.165) is 17.5 Å². The summed E-state index contributed by atoms with van der Waals surface area (Å²) in [4.78, 5) is 39.4. The number of carbonyl (C=O) groups is 1. The second-order valence-electron chi connectivity index (χ2n) is 7.68. The fourth-order valence-electron chi connectivity index (χ4n) is 4.43. The molecule has 1 aromatic heterocycles. The van der Waals surface area contributed by atoms with E-state index < -0.39 is 11.1 Å². The second-order valence-corrected chi connectivity index (χ2v) is 7.68. The molecule has 2 atom stereocenters. The normalized spacial score (nSPS) is 21.1. The number of hydrogen-bond donors (Lipinski definition) is 0. The maximum absolute atomic E-state index is 13.0. The van der Waals surface area contributed by atoms with Gasteiger partial charge in [-0.05, 0) is 45.2 Å². The highest BCUT2D eigenvalue weighted by atomic mass is 16.2. The van der Waals surface area contributed by atoms with Gasteiger partial charge >= 0.3 is 11.1 Å². The van der Waals surface area contributed by atoms with E-state index in [-0.39, 0.29) is 17.7 Å². The molecule has 1 aromatic carbocycles. The Morgan fingerprint density at radius 3 is 2.48 bits per heavy atom. The van der Waals surface area contributed by atoms with Crippen molar-refractivity contribution in [3.63, 3.8) is 0 Å². The molecule has 7 heteroatoms. The zero-order chi connectivity index (χ0) is 19.3. The fraction of sp³-hybridized carbons (Fsp3) is 0.500. The van der Waals surface area contributed by atoms with Crippen LogP contribution in [0.15, 0.2) is 27.8 Å². The topological polar surface area (TPSA) is 77.2 Å². The van der Waals surface area contributed by atoms with Crippen molar-refractivity contribution in [1.29, 1.82) is 0 Å². The van der Waals surface area contributed by atoms with Gasteiger partial charge in [0.15, 0.2) is 0 Å². The van der Waals surface area contributed by atoms with Crippen LogP contribution in [0, 0.1) is 19.8 Å². The van der Waals surface area contributed by atoms with Crippen molar-refractivity contribution in [2.24, 2.45) is 5.92 Å². The molecule has 0 unspecified atom stereocenters. The number of fused-ring (bicyclic) bond motifs is 3. The molecule has 2 aliphatic heterocycles. The molecule has 4 rings (SSSR count). The van der Waals surface area contributed by atoms with Gasteiger partial charge in [0.05, 0.1) is 0 Å². The van der Waals surface area contributed by atoms with Crippen LogP contribution in [-0.4, -0.2) is 38.2 Å². The van der Waals surface area contributed by atoms with Gasteiger partial charge in [0.2, 0.25) is 0 Å². The molecule has 7 nitrogen and oxygen atoms in total. The van der Waals surface area contributed by atoms with Gasteiger partial charge in [-0.1, -0.05) is 17.2 Å². The Morgan fingerprint density at radius 2 is 1.81 bits per heavy atom. The molecule has 3 heterocycles. The lowest BCUT2D eigenvalue weighted by Gasteiger charge is -2.34. The minimum atomic E-state index is -0.567. The molecule has 0 saturated carbocycles. The van der Waals surface area contributed by atoms with E-state index in [0.29, 0.717) is 37.6 Å². The van der Waals surface area contributed by atoms with Crippen molar-refractivity contribution in [3.8, 4) is 0 Å². The van der Waals surface area contributed by atoms with Crippen molar-refractivity contribution in [2.45, 2.75) is 46.2 Å². The summed E-state index contributed by atoms with van der Waals surface area (Å²) >= 11 is 0. The Kier molecular flexibility index (Phi) is 4.25. The van der Waals surface area contributed by atoms with Gasteiger partial charge < -0.3 is 4.90 Å². The second kappa shape index (κ2) is 6.48. The predicted molar refractivity (Wildman–Crippen MR) is 101 cm³/mol. The van der Waals surface area contributed by atoms with Crippen LogP contribution in [0.4, 0.5) is 0 Å². The molecule has 2 aliphatic rings. The van der Waals surface area contributed by atoms with Crippen LogP contribution in [-0.2, 0) is 13.1 Å². The van der Waals surface area contributed by atoms with E-state index >= 15 is 0 Å². The highest BCUT2D eigenvalue weighted by Gasteiger charge is 2.41. The van der Waals surface area contributed by atoms with Crippen LogP contribution in [0.5, 0.6) is 0 Å². The Balaban J connectivity index is 1.66. The average Bonchev–Trinajstić information content (AvgIpc) is 3.01. The Hall–Kier alpha value is -2.70. The number of rotatable bonds is 2. The molecule has 0 aliphatic carbocycles. The van der Waals surface area contributed by atoms with Gasteiger partial charge in [-0.15, -0.1) is 0 Å². The fourth-order valence-corrected chi connectivity index (χ4v) is 4.43. The zero-order valence-corrected chi connectivity index (χ0v) is 15.9. The Labute approximate surface area is 157 Å². The molecular weight excluding hydrogens is 344 g/mol. The third-order valence-corrected chi connectivity index (χ3v) is 5.72. The van der Waals surface area contributed by atoms with Gasteiger partial charge in [-0.3, -0.25) is 19.0 Å². The number of likely N-dealkylation sites (tertiary alicyclic amines) is 1. The molecule has 27 heavy (non-hydrogen) atoms. The van der Waals surface area contributed by atoms with E-state index in [4.69, 9.17) is 0 Å². The molecular formula is C20H24N4O3. The smallest absolute Gasteiger partial charge is 0.332 e. The van der Waals surface area contributed by atoms with Crippen LogP contribution < -0.4 is 11.1 Å². The molecule has 2 aromatic rings. The highest BCUT2D eigenvalue weighted by Crippen LogP contribution is 2.37. The minimum absolute atomic E-state index is 0.000272. The third-order valence-electron chi connectivity index (χ3n) is 5.72. The lowest BCUT2D eigenvalue weighted by Crippen LogP contribution is -2.44. The van der Waals surface area contributed by atoms with Gasteiger partial charge in [0.25, 0.3) is 5.91 Å². The largest absolute Gasteiger partial charge is 0.338 e. The van der Waals surface area contributed by atoms with Gasteiger partial charge in [-0.2, -0.15) is 5.10 Å². The number of piperidine rings is 1. The maximum atomic E-state index is 13.0. The van der Waals surface area contributed by atoms with Crippen LogP contribution in [0.3, 0.4) is 0 Å². The van der Waals surface area contributed by atoms with Crippen molar-refractivity contribution in [1.82, 2.24) is 19.2 Å². The summed E-state index contributed by atoms with van der Waals surface area (Å²) in [6.07, 6.45) is 0.810. The van der Waals surface area contributed by atoms with E-state index in [1.807, 2.05) is 30.9 Å². The zero-order valence-electron chi connectivity index (χ0n) is 15.9. The van der Waals surface area contributed by atoms with Crippen molar-refractivity contribution >= 4 is 5.91 Å². The standard InChI is InChI=1S/C20H24N4O3/c1-4-24-20(27)19(26)23-10-14-5-6-22(11-16(14)17(23)21-24)18(25)15-8-12(2)7-13(3)9-15/h7-9,14,16H,4-6,10-11H2,1-3H3/t14-,16+/m0/s1. The first kappa shape index (κ1) is 17.7. The molecule has 1 amide bonds. The number of aryl methyl sites for hydroxylation is 3. The number of amides is 1. The van der Waals surface area contributed by atoms with E-state index in [9.17, 15) is 14.4 Å². The summed E-state index contributed by atoms with van der Waals surface area (Å²) in [5, 5.41) is 4.44. The first-order valence-corrected chi connectivity index (χ1v) is 9.48. The quantitative estimate of drug-likeness (QED) is 0.749. The molecule has 1 saturated heterocycles. The Morgan fingerprint density at radius 1 is 1.11 bits per heavy atom. The number of nitrogens with zero attached hydrogens (tertiary/aromatic N) is 4. The first-order valence-electron chi connectivity index (χ1n) is 9.48. The van der Waals surface area contributed by atoms with Crippen LogP contribution in [0.25, 0.3) is 0 Å². The molecule has 0 N–H and O–H groups in total. The lowest BCUT2D eigenvalue weighted by molar-refractivity contribution is 0.0667. The predicted octanol–water partition coefficient (Wildman–Crippen LogP) is 1.30. The average molecular weight is 368 g/mol. The Bertz CT molecular complexity index is 1020. The van der Waals surface area contributed by atoms with Crippen molar-refractivity contribution in [2.75, 3.05) is 13.1 Å². The number of aromatic nitrogens is 3. The monoisotopic (exact) mass is 368 g/mol.